The van der Waals surface area contributed by atoms with Gasteiger partial charge in [-0.25, -0.2) is 0 Å². The summed E-state index contributed by atoms with van der Waals surface area (Å²) in [6.45, 7) is 7.71. The first-order valence-electron chi connectivity index (χ1n) is 4.41. The van der Waals surface area contributed by atoms with Crippen LogP contribution in [-0.4, -0.2) is 23.3 Å². The van der Waals surface area contributed by atoms with E-state index in [1.165, 1.54) is 4.90 Å². The molecule has 0 N–H and O–H groups in total. The summed E-state index contributed by atoms with van der Waals surface area (Å²) in [6.07, 6.45) is 0. The van der Waals surface area contributed by atoms with Crippen molar-refractivity contribution in [2.45, 2.75) is 6.92 Å². The van der Waals surface area contributed by atoms with Gasteiger partial charge in [0.15, 0.2) is 0 Å². The molecule has 14 heavy (non-hydrogen) atoms. The van der Waals surface area contributed by atoms with Crippen LogP contribution >= 0.6 is 0 Å². The highest BCUT2D eigenvalue weighted by molar-refractivity contribution is 6.21. The summed E-state index contributed by atoms with van der Waals surface area (Å²) in [5, 5.41) is 0. The molecule has 0 saturated carbocycles. The third-order valence-corrected chi connectivity index (χ3v) is 2.31. The van der Waals surface area contributed by atoms with Crippen LogP contribution in [0, 0.1) is 6.92 Å². The van der Waals surface area contributed by atoms with Crippen molar-refractivity contribution in [1.29, 1.82) is 0 Å². The molecule has 1 aliphatic heterocycles. The van der Waals surface area contributed by atoms with E-state index < -0.39 is 0 Å². The molecule has 1 aliphatic rings. The Morgan fingerprint density at radius 1 is 1.21 bits per heavy atom. The highest BCUT2D eigenvalue weighted by Gasteiger charge is 2.33. The van der Waals surface area contributed by atoms with Crippen LogP contribution in [0.15, 0.2) is 18.2 Å². The predicted octanol–water partition coefficient (Wildman–Crippen LogP) is 1.36. The number of hydrogen-bond donors (Lipinski definition) is 0. The van der Waals surface area contributed by atoms with Gasteiger partial charge >= 0.3 is 0 Å². The standard InChI is InChI=1S/C11H9NO2/c1-3-12-10(13)8-5-4-7(2)6-9(8)11(12)14/h2,4-6H,3H2,1H3. The Morgan fingerprint density at radius 3 is 2.50 bits per heavy atom. The van der Waals surface area contributed by atoms with E-state index in [1.54, 1.807) is 25.1 Å². The highest BCUT2D eigenvalue weighted by atomic mass is 16.2. The number of hydrogen-bond acceptors (Lipinski definition) is 2. The Kier molecular flexibility index (Phi) is 1.88. The molecule has 2 radical (unpaired) electrons. The quantitative estimate of drug-likeness (QED) is 0.622. The summed E-state index contributed by atoms with van der Waals surface area (Å²) >= 11 is 0. The average molecular weight is 187 g/mol. The maximum atomic E-state index is 11.6. The fraction of sp³-hybridized carbons (Fsp3) is 0.182. The van der Waals surface area contributed by atoms with Crippen LogP contribution < -0.4 is 0 Å². The number of amides is 2. The number of rotatable bonds is 1. The largest absolute Gasteiger partial charge is 0.275 e. The third kappa shape index (κ3) is 1.05. The number of imide groups is 1. The smallest absolute Gasteiger partial charge is 0.261 e. The lowest BCUT2D eigenvalue weighted by atomic mass is 10.1. The van der Waals surface area contributed by atoms with Gasteiger partial charge in [-0.3, -0.25) is 14.5 Å². The molecule has 3 nitrogen and oxygen atoms in total. The van der Waals surface area contributed by atoms with Gasteiger partial charge < -0.3 is 0 Å². The van der Waals surface area contributed by atoms with Crippen molar-refractivity contribution in [2.24, 2.45) is 0 Å². The summed E-state index contributed by atoms with van der Waals surface area (Å²) in [7, 11) is 0. The molecule has 70 valence electrons. The van der Waals surface area contributed by atoms with Gasteiger partial charge in [-0.15, -0.1) is 0 Å². The summed E-state index contributed by atoms with van der Waals surface area (Å²) in [4.78, 5) is 24.5. The zero-order valence-electron chi connectivity index (χ0n) is 7.78. The Labute approximate surface area is 82.3 Å². The Balaban J connectivity index is 2.58. The van der Waals surface area contributed by atoms with Crippen LogP contribution in [0.4, 0.5) is 0 Å². The van der Waals surface area contributed by atoms with Crippen molar-refractivity contribution in [2.75, 3.05) is 6.54 Å². The maximum Gasteiger partial charge on any atom is 0.261 e. The van der Waals surface area contributed by atoms with Crippen LogP contribution in [0.2, 0.25) is 0 Å². The SMILES string of the molecule is [CH]c1ccc2c(c1)C(=O)N(CC)C2=O. The lowest BCUT2D eigenvalue weighted by Crippen LogP contribution is -2.29. The van der Waals surface area contributed by atoms with E-state index in [0.717, 1.165) is 0 Å². The normalized spacial score (nSPS) is 14.9. The fourth-order valence-electron chi connectivity index (χ4n) is 1.60. The zero-order chi connectivity index (χ0) is 10.3. The molecule has 0 aromatic heterocycles. The van der Waals surface area contributed by atoms with Gasteiger partial charge in [0.1, 0.15) is 0 Å². The van der Waals surface area contributed by atoms with Crippen molar-refractivity contribution in [3.63, 3.8) is 0 Å². The van der Waals surface area contributed by atoms with Gasteiger partial charge in [0.05, 0.1) is 11.1 Å². The minimum Gasteiger partial charge on any atom is -0.275 e. The number of benzene rings is 1. The first kappa shape index (κ1) is 8.94. The van der Waals surface area contributed by atoms with Gasteiger partial charge in [-0.2, -0.15) is 0 Å². The summed E-state index contributed by atoms with van der Waals surface area (Å²) in [6, 6.07) is 4.77. The molecule has 2 amide bonds. The first-order chi connectivity index (χ1) is 6.65. The van der Waals surface area contributed by atoms with E-state index >= 15 is 0 Å². The maximum absolute atomic E-state index is 11.6. The van der Waals surface area contributed by atoms with E-state index in [2.05, 4.69) is 0 Å². The van der Waals surface area contributed by atoms with Crippen molar-refractivity contribution in [1.82, 2.24) is 4.90 Å². The first-order valence-corrected chi connectivity index (χ1v) is 4.41. The van der Waals surface area contributed by atoms with Gasteiger partial charge in [0.2, 0.25) is 0 Å². The summed E-state index contributed by atoms with van der Waals surface area (Å²) in [5.41, 5.74) is 1.37. The van der Waals surface area contributed by atoms with Crippen LogP contribution in [0.1, 0.15) is 33.2 Å². The molecule has 0 bridgehead atoms. The molecule has 1 heterocycles. The second-order valence-corrected chi connectivity index (χ2v) is 3.16. The molecule has 3 heteroatoms. The van der Waals surface area contributed by atoms with Crippen molar-refractivity contribution >= 4 is 11.8 Å². The van der Waals surface area contributed by atoms with E-state index in [4.69, 9.17) is 6.92 Å². The van der Waals surface area contributed by atoms with Gasteiger partial charge in [-0.05, 0) is 31.5 Å². The molecule has 0 aliphatic carbocycles. The minimum absolute atomic E-state index is 0.229. The molecular formula is C11H9NO2. The van der Waals surface area contributed by atoms with Crippen LogP contribution in [0.3, 0.4) is 0 Å². The Hall–Kier alpha value is -1.64. The van der Waals surface area contributed by atoms with Crippen LogP contribution in [-0.2, 0) is 0 Å². The average Bonchev–Trinajstić information content (AvgIpc) is 2.39. The van der Waals surface area contributed by atoms with E-state index in [1.807, 2.05) is 0 Å². The molecule has 1 aromatic carbocycles. The van der Waals surface area contributed by atoms with Gasteiger partial charge in [0, 0.05) is 6.54 Å². The minimum atomic E-state index is -0.250. The van der Waals surface area contributed by atoms with Gasteiger partial charge in [-0.1, -0.05) is 6.07 Å². The highest BCUT2D eigenvalue weighted by Crippen LogP contribution is 2.23. The van der Waals surface area contributed by atoms with Gasteiger partial charge in [0.25, 0.3) is 11.8 Å². The lowest BCUT2D eigenvalue weighted by Gasteiger charge is -2.08. The van der Waals surface area contributed by atoms with Crippen molar-refractivity contribution < 1.29 is 9.59 Å². The van der Waals surface area contributed by atoms with Crippen molar-refractivity contribution in [3.05, 3.63) is 41.8 Å². The molecular weight excluding hydrogens is 178 g/mol. The second kappa shape index (κ2) is 2.94. The number of nitrogens with zero attached hydrogens (tertiary/aromatic N) is 1. The fourth-order valence-corrected chi connectivity index (χ4v) is 1.60. The Morgan fingerprint density at radius 2 is 1.86 bits per heavy atom. The molecule has 0 spiro atoms. The molecule has 0 saturated heterocycles. The zero-order valence-corrected chi connectivity index (χ0v) is 7.78. The molecule has 0 unspecified atom stereocenters. The molecule has 1 aromatic rings. The molecule has 2 rings (SSSR count). The van der Waals surface area contributed by atoms with E-state index in [-0.39, 0.29) is 11.8 Å². The summed E-state index contributed by atoms with van der Waals surface area (Å²) in [5.74, 6) is -0.479. The Bertz CT molecular complexity index is 423. The monoisotopic (exact) mass is 187 g/mol. The molecule has 0 atom stereocenters. The number of carbonyl (C=O) groups excluding carboxylic acids is 2. The van der Waals surface area contributed by atoms with E-state index in [0.29, 0.717) is 23.2 Å². The summed E-state index contributed by atoms with van der Waals surface area (Å²) < 4.78 is 0. The van der Waals surface area contributed by atoms with Crippen LogP contribution in [0.5, 0.6) is 0 Å². The topological polar surface area (TPSA) is 37.4 Å². The van der Waals surface area contributed by atoms with E-state index in [9.17, 15) is 9.59 Å². The second-order valence-electron chi connectivity index (χ2n) is 3.16. The third-order valence-electron chi connectivity index (χ3n) is 2.31. The predicted molar refractivity (Wildman–Crippen MR) is 50.9 cm³/mol. The number of carbonyl (C=O) groups is 2. The number of fused-ring (bicyclic) bond motifs is 1. The lowest BCUT2D eigenvalue weighted by molar-refractivity contribution is 0.0663. The van der Waals surface area contributed by atoms with Crippen LogP contribution in [0.25, 0.3) is 0 Å². The molecule has 0 fully saturated rings. The van der Waals surface area contributed by atoms with Crippen molar-refractivity contribution in [3.8, 4) is 0 Å².